The van der Waals surface area contributed by atoms with Crippen molar-refractivity contribution in [3.05, 3.63) is 58.2 Å². The van der Waals surface area contributed by atoms with Crippen LogP contribution in [-0.2, 0) is 6.54 Å². The van der Waals surface area contributed by atoms with Crippen molar-refractivity contribution in [3.8, 4) is 0 Å². The summed E-state index contributed by atoms with van der Waals surface area (Å²) in [6, 6.07) is 11.8. The fourth-order valence-electron chi connectivity index (χ4n) is 1.47. The normalized spacial score (nSPS) is 10.1. The second kappa shape index (κ2) is 5.93. The van der Waals surface area contributed by atoms with E-state index in [2.05, 4.69) is 32.3 Å². The number of nitrogens with one attached hydrogen (secondary N) is 1. The van der Waals surface area contributed by atoms with Gasteiger partial charge in [0, 0.05) is 22.8 Å². The van der Waals surface area contributed by atoms with Crippen molar-refractivity contribution in [2.24, 2.45) is 5.73 Å². The van der Waals surface area contributed by atoms with Crippen molar-refractivity contribution in [1.29, 1.82) is 0 Å². The van der Waals surface area contributed by atoms with Crippen LogP contribution >= 0.6 is 28.1 Å². The Hall–Kier alpha value is -1.46. The van der Waals surface area contributed by atoms with Crippen LogP contribution in [0.5, 0.6) is 0 Å². The topological polar surface area (TPSA) is 50.9 Å². The van der Waals surface area contributed by atoms with Crippen molar-refractivity contribution in [1.82, 2.24) is 4.98 Å². The molecule has 0 fully saturated rings. The molecule has 0 saturated heterocycles. The predicted molar refractivity (Wildman–Crippen MR) is 81.6 cm³/mol. The average Bonchev–Trinajstić information content (AvgIpc) is 2.38. The van der Waals surface area contributed by atoms with Crippen molar-refractivity contribution < 1.29 is 0 Å². The van der Waals surface area contributed by atoms with Gasteiger partial charge >= 0.3 is 0 Å². The SMILES string of the molecule is NC(=S)c1ccc(NCc2ccccc2Br)nc1. The van der Waals surface area contributed by atoms with Gasteiger partial charge in [0.1, 0.15) is 10.8 Å². The lowest BCUT2D eigenvalue weighted by Gasteiger charge is -2.07. The largest absolute Gasteiger partial charge is 0.389 e. The number of thiocarbonyl (C=S) groups is 1. The van der Waals surface area contributed by atoms with Gasteiger partial charge in [-0.25, -0.2) is 4.98 Å². The van der Waals surface area contributed by atoms with Gasteiger partial charge in [0.25, 0.3) is 0 Å². The zero-order chi connectivity index (χ0) is 13.0. The van der Waals surface area contributed by atoms with Gasteiger partial charge in [-0.1, -0.05) is 46.3 Å². The van der Waals surface area contributed by atoms with Crippen LogP contribution in [0.15, 0.2) is 47.1 Å². The monoisotopic (exact) mass is 321 g/mol. The summed E-state index contributed by atoms with van der Waals surface area (Å²) in [6.45, 7) is 0.709. The molecule has 0 aliphatic rings. The van der Waals surface area contributed by atoms with Crippen molar-refractivity contribution in [2.75, 3.05) is 5.32 Å². The minimum absolute atomic E-state index is 0.361. The fourth-order valence-corrected chi connectivity index (χ4v) is 2.02. The molecule has 0 amide bonds. The second-order valence-electron chi connectivity index (χ2n) is 3.74. The third kappa shape index (κ3) is 3.27. The molecule has 92 valence electrons. The first-order chi connectivity index (χ1) is 8.66. The standard InChI is InChI=1S/C13H12BrN3S/c14-11-4-2-1-3-9(11)7-16-12-6-5-10(8-17-12)13(15)18/h1-6,8H,7H2,(H2,15,18)(H,16,17). The summed E-state index contributed by atoms with van der Waals surface area (Å²) >= 11 is 8.38. The van der Waals surface area contributed by atoms with Crippen molar-refractivity contribution in [2.45, 2.75) is 6.54 Å². The van der Waals surface area contributed by atoms with Crippen LogP contribution < -0.4 is 11.1 Å². The molecule has 1 heterocycles. The van der Waals surface area contributed by atoms with E-state index in [0.29, 0.717) is 11.5 Å². The van der Waals surface area contributed by atoms with Gasteiger partial charge in [-0.05, 0) is 23.8 Å². The summed E-state index contributed by atoms with van der Waals surface area (Å²) in [4.78, 5) is 4.61. The number of anilines is 1. The number of benzene rings is 1. The molecular formula is C13H12BrN3S. The Bertz CT molecular complexity index is 554. The lowest BCUT2D eigenvalue weighted by Crippen LogP contribution is -2.10. The summed E-state index contributed by atoms with van der Waals surface area (Å²) in [6.07, 6.45) is 1.67. The van der Waals surface area contributed by atoms with Gasteiger partial charge in [-0.2, -0.15) is 0 Å². The van der Waals surface area contributed by atoms with E-state index in [-0.39, 0.29) is 0 Å². The van der Waals surface area contributed by atoms with Crippen LogP contribution in [-0.4, -0.2) is 9.97 Å². The second-order valence-corrected chi connectivity index (χ2v) is 5.04. The molecule has 0 saturated carbocycles. The molecule has 0 aliphatic carbocycles. The third-order valence-corrected chi connectivity index (χ3v) is 3.48. The molecule has 0 radical (unpaired) electrons. The highest BCUT2D eigenvalue weighted by Gasteiger charge is 2.00. The molecular weight excluding hydrogens is 310 g/mol. The number of pyridine rings is 1. The van der Waals surface area contributed by atoms with Crippen LogP contribution in [0.4, 0.5) is 5.82 Å². The summed E-state index contributed by atoms with van der Waals surface area (Å²) in [5, 5.41) is 3.24. The number of halogens is 1. The predicted octanol–water partition coefficient (Wildman–Crippen LogP) is 3.09. The minimum atomic E-state index is 0.361. The van der Waals surface area contributed by atoms with Crippen LogP contribution in [0.3, 0.4) is 0 Å². The molecule has 1 aromatic heterocycles. The lowest BCUT2D eigenvalue weighted by atomic mass is 10.2. The smallest absolute Gasteiger partial charge is 0.126 e. The molecule has 3 nitrogen and oxygen atoms in total. The van der Waals surface area contributed by atoms with E-state index in [1.165, 1.54) is 5.56 Å². The van der Waals surface area contributed by atoms with E-state index in [1.54, 1.807) is 6.20 Å². The Morgan fingerprint density at radius 2 is 2.06 bits per heavy atom. The van der Waals surface area contributed by atoms with Crippen LogP contribution in [0.1, 0.15) is 11.1 Å². The van der Waals surface area contributed by atoms with Crippen molar-refractivity contribution in [3.63, 3.8) is 0 Å². The third-order valence-electron chi connectivity index (χ3n) is 2.47. The molecule has 2 aromatic rings. The highest BCUT2D eigenvalue weighted by molar-refractivity contribution is 9.10. The highest BCUT2D eigenvalue weighted by atomic mass is 79.9. The molecule has 0 atom stereocenters. The zero-order valence-corrected chi connectivity index (χ0v) is 12.0. The molecule has 0 unspecified atom stereocenters. The maximum absolute atomic E-state index is 5.51. The first-order valence-electron chi connectivity index (χ1n) is 5.40. The molecule has 2 rings (SSSR count). The van der Waals surface area contributed by atoms with Crippen LogP contribution in [0.2, 0.25) is 0 Å². The Labute approximate surface area is 120 Å². The molecule has 0 bridgehead atoms. The Balaban J connectivity index is 2.02. The Kier molecular flexibility index (Phi) is 4.28. The minimum Gasteiger partial charge on any atom is -0.389 e. The maximum Gasteiger partial charge on any atom is 0.126 e. The Morgan fingerprint density at radius 3 is 2.67 bits per heavy atom. The molecule has 18 heavy (non-hydrogen) atoms. The van der Waals surface area contributed by atoms with Gasteiger partial charge in [0.2, 0.25) is 0 Å². The van der Waals surface area contributed by atoms with Gasteiger partial charge < -0.3 is 11.1 Å². The molecule has 3 N–H and O–H groups in total. The van der Waals surface area contributed by atoms with E-state index < -0.39 is 0 Å². The molecule has 0 aliphatic heterocycles. The van der Waals surface area contributed by atoms with Gasteiger partial charge in [-0.15, -0.1) is 0 Å². The number of nitrogens with two attached hydrogens (primary N) is 1. The number of hydrogen-bond acceptors (Lipinski definition) is 3. The van der Waals surface area contributed by atoms with E-state index in [0.717, 1.165) is 15.9 Å². The van der Waals surface area contributed by atoms with E-state index in [4.69, 9.17) is 18.0 Å². The number of aromatic nitrogens is 1. The first-order valence-corrected chi connectivity index (χ1v) is 6.60. The molecule has 0 spiro atoms. The molecule has 1 aromatic carbocycles. The van der Waals surface area contributed by atoms with E-state index in [1.807, 2.05) is 30.3 Å². The van der Waals surface area contributed by atoms with Crippen molar-refractivity contribution >= 4 is 39.0 Å². The quantitative estimate of drug-likeness (QED) is 0.850. The van der Waals surface area contributed by atoms with Gasteiger partial charge in [0.15, 0.2) is 0 Å². The highest BCUT2D eigenvalue weighted by Crippen LogP contribution is 2.17. The van der Waals surface area contributed by atoms with E-state index in [9.17, 15) is 0 Å². The zero-order valence-electron chi connectivity index (χ0n) is 9.56. The molecule has 5 heteroatoms. The average molecular weight is 322 g/mol. The van der Waals surface area contributed by atoms with E-state index >= 15 is 0 Å². The summed E-state index contributed by atoms with van der Waals surface area (Å²) in [5.74, 6) is 0.797. The summed E-state index contributed by atoms with van der Waals surface area (Å²) in [7, 11) is 0. The number of nitrogens with zero attached hydrogens (tertiary/aromatic N) is 1. The number of rotatable bonds is 4. The van der Waals surface area contributed by atoms with Gasteiger partial charge in [0.05, 0.1) is 0 Å². The Morgan fingerprint density at radius 1 is 1.28 bits per heavy atom. The number of hydrogen-bond donors (Lipinski definition) is 2. The van der Waals surface area contributed by atoms with Crippen LogP contribution in [0.25, 0.3) is 0 Å². The van der Waals surface area contributed by atoms with Crippen LogP contribution in [0, 0.1) is 0 Å². The van der Waals surface area contributed by atoms with Gasteiger partial charge in [-0.3, -0.25) is 0 Å². The maximum atomic E-state index is 5.51. The summed E-state index contributed by atoms with van der Waals surface area (Å²) in [5.41, 5.74) is 7.47. The fraction of sp³-hybridized carbons (Fsp3) is 0.0769. The first kappa shape index (κ1) is 13.0. The lowest BCUT2D eigenvalue weighted by molar-refractivity contribution is 1.10. The summed E-state index contributed by atoms with van der Waals surface area (Å²) < 4.78 is 1.08.